The Kier molecular flexibility index (Phi) is 7.77. The van der Waals surface area contributed by atoms with Crippen molar-refractivity contribution in [2.45, 2.75) is 18.0 Å². The molecule has 0 radical (unpaired) electrons. The summed E-state index contributed by atoms with van der Waals surface area (Å²) in [7, 11) is -1.65. The molecule has 2 aromatic carbocycles. The highest BCUT2D eigenvalue weighted by molar-refractivity contribution is 7.98. The molecule has 0 aromatic heterocycles. The van der Waals surface area contributed by atoms with Gasteiger partial charge in [-0.15, -0.1) is 11.8 Å². The van der Waals surface area contributed by atoms with E-state index in [0.29, 0.717) is 19.6 Å². The van der Waals surface area contributed by atoms with E-state index in [4.69, 9.17) is 4.74 Å². The van der Waals surface area contributed by atoms with Crippen molar-refractivity contribution in [2.75, 3.05) is 25.7 Å². The highest BCUT2D eigenvalue weighted by Gasteiger charge is 2.09. The molecule has 0 aliphatic carbocycles. The lowest BCUT2D eigenvalue weighted by Gasteiger charge is -2.10. The first-order chi connectivity index (χ1) is 12.0. The van der Waals surface area contributed by atoms with Crippen LogP contribution in [0.2, 0.25) is 0 Å². The van der Waals surface area contributed by atoms with E-state index in [1.807, 2.05) is 54.8 Å². The maximum absolute atomic E-state index is 12.0. The van der Waals surface area contributed by atoms with Crippen molar-refractivity contribution >= 4 is 21.8 Å². The molecule has 0 unspecified atom stereocenters. The average molecular weight is 381 g/mol. The number of sulfonamides is 1. The molecule has 0 heterocycles. The summed E-state index contributed by atoms with van der Waals surface area (Å²) in [5.74, 6) is 0.879. The first-order valence-electron chi connectivity index (χ1n) is 7.97. The Labute approximate surface area is 154 Å². The van der Waals surface area contributed by atoms with Crippen molar-refractivity contribution in [2.24, 2.45) is 0 Å². The predicted octanol–water partition coefficient (Wildman–Crippen LogP) is 2.63. The third-order valence-electron chi connectivity index (χ3n) is 3.66. The van der Waals surface area contributed by atoms with Crippen LogP contribution in [-0.4, -0.2) is 34.1 Å². The van der Waals surface area contributed by atoms with Crippen LogP contribution in [0.5, 0.6) is 5.75 Å². The summed E-state index contributed by atoms with van der Waals surface area (Å²) in [5, 5.41) is 3.16. The van der Waals surface area contributed by atoms with Crippen molar-refractivity contribution < 1.29 is 13.2 Å². The van der Waals surface area contributed by atoms with Gasteiger partial charge in [-0.05, 0) is 29.5 Å². The van der Waals surface area contributed by atoms with E-state index >= 15 is 0 Å². The molecule has 0 bridgehead atoms. The van der Waals surface area contributed by atoms with Gasteiger partial charge < -0.3 is 10.1 Å². The van der Waals surface area contributed by atoms with E-state index in [1.54, 1.807) is 18.9 Å². The molecule has 25 heavy (non-hydrogen) atoms. The molecule has 0 saturated heterocycles. The van der Waals surface area contributed by atoms with Crippen LogP contribution in [0.1, 0.15) is 11.1 Å². The van der Waals surface area contributed by atoms with E-state index in [0.717, 1.165) is 21.8 Å². The summed E-state index contributed by atoms with van der Waals surface area (Å²) in [6, 6.07) is 15.5. The zero-order chi connectivity index (χ0) is 18.1. The average Bonchev–Trinajstić information content (AvgIpc) is 2.64. The fraction of sp³-hybridized carbons (Fsp3) is 0.333. The SMILES string of the molecule is COc1cc(CNCCS(=O)(=O)NCc2ccccc2)ccc1SC. The molecule has 0 amide bonds. The second-order valence-electron chi connectivity index (χ2n) is 5.49. The van der Waals surface area contributed by atoms with Gasteiger partial charge in [-0.25, -0.2) is 13.1 Å². The summed E-state index contributed by atoms with van der Waals surface area (Å²) < 4.78 is 32.0. The zero-order valence-corrected chi connectivity index (χ0v) is 16.1. The van der Waals surface area contributed by atoms with E-state index in [9.17, 15) is 8.42 Å². The van der Waals surface area contributed by atoms with E-state index in [-0.39, 0.29) is 5.75 Å². The summed E-state index contributed by atoms with van der Waals surface area (Å²) in [5.41, 5.74) is 2.00. The molecule has 2 rings (SSSR count). The molecule has 2 N–H and O–H groups in total. The van der Waals surface area contributed by atoms with E-state index in [1.165, 1.54) is 0 Å². The van der Waals surface area contributed by atoms with Gasteiger partial charge in [0.1, 0.15) is 5.75 Å². The Morgan fingerprint density at radius 2 is 1.80 bits per heavy atom. The number of methoxy groups -OCH3 is 1. The molecule has 0 aliphatic rings. The monoisotopic (exact) mass is 380 g/mol. The Bertz CT molecular complexity index is 765. The van der Waals surface area contributed by atoms with Crippen molar-refractivity contribution in [3.8, 4) is 5.75 Å². The number of hydrogen-bond acceptors (Lipinski definition) is 5. The molecular formula is C18H24N2O3S2. The van der Waals surface area contributed by atoms with Crippen LogP contribution < -0.4 is 14.8 Å². The molecule has 0 fully saturated rings. The molecule has 136 valence electrons. The smallest absolute Gasteiger partial charge is 0.213 e. The zero-order valence-electron chi connectivity index (χ0n) is 14.5. The van der Waals surface area contributed by atoms with Gasteiger partial charge in [0, 0.05) is 24.5 Å². The molecule has 0 spiro atoms. The number of benzene rings is 2. The first-order valence-corrected chi connectivity index (χ1v) is 10.8. The summed E-state index contributed by atoms with van der Waals surface area (Å²) in [4.78, 5) is 1.08. The fourth-order valence-electron chi connectivity index (χ4n) is 2.29. The summed E-state index contributed by atoms with van der Waals surface area (Å²) in [6.07, 6.45) is 2.00. The first kappa shape index (κ1) is 19.8. The van der Waals surface area contributed by atoms with Gasteiger partial charge in [-0.3, -0.25) is 0 Å². The van der Waals surface area contributed by atoms with Crippen molar-refractivity contribution in [1.82, 2.24) is 10.0 Å². The van der Waals surface area contributed by atoms with Gasteiger partial charge in [-0.1, -0.05) is 36.4 Å². The molecule has 2 aromatic rings. The second-order valence-corrected chi connectivity index (χ2v) is 8.27. The van der Waals surface area contributed by atoms with Crippen molar-refractivity contribution in [1.29, 1.82) is 0 Å². The number of thioether (sulfide) groups is 1. The predicted molar refractivity (Wildman–Crippen MR) is 104 cm³/mol. The molecule has 0 saturated carbocycles. The van der Waals surface area contributed by atoms with Crippen LogP contribution in [0.25, 0.3) is 0 Å². The van der Waals surface area contributed by atoms with Gasteiger partial charge in [0.2, 0.25) is 10.0 Å². The van der Waals surface area contributed by atoms with Crippen molar-refractivity contribution in [3.05, 3.63) is 59.7 Å². The molecule has 0 atom stereocenters. The van der Waals surface area contributed by atoms with Crippen LogP contribution in [0.4, 0.5) is 0 Å². The maximum atomic E-state index is 12.0. The van der Waals surface area contributed by atoms with Crippen LogP contribution in [0.15, 0.2) is 53.4 Å². The minimum absolute atomic E-state index is 0.0415. The maximum Gasteiger partial charge on any atom is 0.213 e. The third-order valence-corrected chi connectivity index (χ3v) is 5.77. The molecular weight excluding hydrogens is 356 g/mol. The van der Waals surface area contributed by atoms with Crippen LogP contribution >= 0.6 is 11.8 Å². The minimum atomic E-state index is -3.30. The largest absolute Gasteiger partial charge is 0.496 e. The lowest BCUT2D eigenvalue weighted by Crippen LogP contribution is -2.31. The standard InChI is InChI=1S/C18H24N2O3S2/c1-23-17-12-16(8-9-18(17)24-2)13-19-10-11-25(21,22)20-14-15-6-4-3-5-7-15/h3-9,12,19-20H,10-11,13-14H2,1-2H3. The number of ether oxygens (including phenoxy) is 1. The summed E-state index contributed by atoms with van der Waals surface area (Å²) >= 11 is 1.63. The molecule has 0 aliphatic heterocycles. The molecule has 5 nitrogen and oxygen atoms in total. The Morgan fingerprint density at radius 1 is 1.04 bits per heavy atom. The lowest BCUT2D eigenvalue weighted by atomic mass is 10.2. The Morgan fingerprint density at radius 3 is 2.48 bits per heavy atom. The topological polar surface area (TPSA) is 67.4 Å². The Balaban J connectivity index is 1.76. The Hall–Kier alpha value is -1.54. The quantitative estimate of drug-likeness (QED) is 0.490. The fourth-order valence-corrected chi connectivity index (χ4v) is 3.78. The second kappa shape index (κ2) is 9.82. The van der Waals surface area contributed by atoms with Crippen LogP contribution in [0.3, 0.4) is 0 Å². The highest BCUT2D eigenvalue weighted by atomic mass is 32.2. The highest BCUT2D eigenvalue weighted by Crippen LogP contribution is 2.28. The van der Waals surface area contributed by atoms with Gasteiger partial charge in [0.15, 0.2) is 0 Å². The number of nitrogens with one attached hydrogen (secondary N) is 2. The number of rotatable bonds is 10. The minimum Gasteiger partial charge on any atom is -0.496 e. The van der Waals surface area contributed by atoms with Gasteiger partial charge in [-0.2, -0.15) is 0 Å². The number of hydrogen-bond donors (Lipinski definition) is 2. The van der Waals surface area contributed by atoms with E-state index < -0.39 is 10.0 Å². The van der Waals surface area contributed by atoms with Crippen LogP contribution in [0, 0.1) is 0 Å². The molecule has 7 heteroatoms. The van der Waals surface area contributed by atoms with Crippen molar-refractivity contribution in [3.63, 3.8) is 0 Å². The van der Waals surface area contributed by atoms with Crippen LogP contribution in [-0.2, 0) is 23.1 Å². The van der Waals surface area contributed by atoms with Gasteiger partial charge >= 0.3 is 0 Å². The lowest BCUT2D eigenvalue weighted by molar-refractivity contribution is 0.404. The normalized spacial score (nSPS) is 11.4. The summed E-state index contributed by atoms with van der Waals surface area (Å²) in [6.45, 7) is 1.30. The van der Waals surface area contributed by atoms with Gasteiger partial charge in [0.05, 0.1) is 12.9 Å². The third kappa shape index (κ3) is 6.70. The van der Waals surface area contributed by atoms with Gasteiger partial charge in [0.25, 0.3) is 0 Å². The van der Waals surface area contributed by atoms with E-state index in [2.05, 4.69) is 10.0 Å².